The highest BCUT2D eigenvalue weighted by atomic mass is 16.5. The Morgan fingerprint density at radius 1 is 1.02 bits per heavy atom. The van der Waals surface area contributed by atoms with Crippen LogP contribution in [0.4, 0.5) is 21.9 Å². The number of carbonyl (C=O) groups excluding carboxylic acids is 4. The molecule has 2 heterocycles. The third kappa shape index (κ3) is 7.62. The lowest BCUT2D eigenvalue weighted by Crippen LogP contribution is -2.48. The molecule has 3 aromatic carbocycles. The number of fused-ring (bicyclic) bond motifs is 1. The first-order chi connectivity index (χ1) is 21.7. The van der Waals surface area contributed by atoms with Gasteiger partial charge in [0, 0.05) is 56.1 Å². The number of methoxy groups -OCH3 is 1. The molecular formula is C34H34N6O5. The number of alkyl carbamates (subject to hydrolysis) is 1. The summed E-state index contributed by atoms with van der Waals surface area (Å²) in [5, 5.41) is 4.89. The smallest absolute Gasteiger partial charge is 0.414 e. The molecular weight excluding hydrogens is 572 g/mol. The van der Waals surface area contributed by atoms with Crippen molar-refractivity contribution < 1.29 is 23.9 Å². The third-order valence-corrected chi connectivity index (χ3v) is 7.76. The molecule has 1 saturated heterocycles. The van der Waals surface area contributed by atoms with Crippen molar-refractivity contribution in [2.45, 2.75) is 5.92 Å². The highest BCUT2D eigenvalue weighted by Gasteiger charge is 2.35. The zero-order valence-electron chi connectivity index (χ0n) is 25.4. The number of benzene rings is 3. The minimum absolute atomic E-state index is 0.0214. The average molecular weight is 607 g/mol. The van der Waals surface area contributed by atoms with Crippen molar-refractivity contribution in [2.24, 2.45) is 4.99 Å². The number of hydrogen-bond donors (Lipinski definition) is 2. The molecule has 2 aliphatic rings. The normalized spacial score (nSPS) is 16.6. The summed E-state index contributed by atoms with van der Waals surface area (Å²) in [4.78, 5) is 60.4. The van der Waals surface area contributed by atoms with Crippen LogP contribution in [0.2, 0.25) is 0 Å². The molecule has 0 bridgehead atoms. The number of nitrogens with zero attached hydrogens (tertiary/aromatic N) is 4. The molecule has 0 spiro atoms. The van der Waals surface area contributed by atoms with E-state index in [1.165, 1.54) is 0 Å². The molecule has 1 fully saturated rings. The van der Waals surface area contributed by atoms with Gasteiger partial charge in [0.25, 0.3) is 0 Å². The van der Waals surface area contributed by atoms with Crippen molar-refractivity contribution in [2.75, 3.05) is 64.1 Å². The molecule has 0 saturated carbocycles. The summed E-state index contributed by atoms with van der Waals surface area (Å²) in [7, 11) is 5.01. The first-order valence-corrected chi connectivity index (χ1v) is 14.5. The number of anilines is 2. The van der Waals surface area contributed by atoms with E-state index in [0.29, 0.717) is 29.2 Å². The van der Waals surface area contributed by atoms with Gasteiger partial charge < -0.3 is 19.9 Å². The Labute approximate surface area is 261 Å². The highest BCUT2D eigenvalue weighted by Crippen LogP contribution is 2.37. The van der Waals surface area contributed by atoms with Crippen LogP contribution in [0.15, 0.2) is 77.8 Å². The molecule has 11 heteroatoms. The molecule has 2 aliphatic heterocycles. The number of imide groups is 1. The van der Waals surface area contributed by atoms with E-state index in [-0.39, 0.29) is 11.8 Å². The second kappa shape index (κ2) is 14.0. The van der Waals surface area contributed by atoms with Crippen LogP contribution in [-0.4, -0.2) is 93.3 Å². The van der Waals surface area contributed by atoms with Gasteiger partial charge in [-0.1, -0.05) is 42.3 Å². The standard InChI is InChI=1S/C34H34N6O5/c1-38-17-19-40(20-18-38)22-30(42)39(2)26-13-11-25(12-14-26)35-32(24-7-5-4-6-8-24)31-27-15-9-23(21-28(27)36-33(31)43)10-16-29(41)37-34(44)45-3/h4-9,11-15,21,31H,17-20,22H2,1-3H3,(H,36,43)(H,37,41,44). The maximum atomic E-state index is 13.4. The first-order valence-electron chi connectivity index (χ1n) is 14.5. The SMILES string of the molecule is COC(=O)NC(=O)C#Cc1ccc2c(c1)NC(=O)C2C(=Nc1ccc(N(C)C(=O)CN2CCN(C)CC2)cc1)c1ccccc1. The van der Waals surface area contributed by atoms with Crippen molar-refractivity contribution in [3.8, 4) is 11.8 Å². The number of piperazine rings is 1. The molecule has 4 amide bonds. The van der Waals surface area contributed by atoms with Crippen LogP contribution >= 0.6 is 0 Å². The Hall–Kier alpha value is -5.31. The van der Waals surface area contributed by atoms with Crippen LogP contribution in [0.3, 0.4) is 0 Å². The van der Waals surface area contributed by atoms with Gasteiger partial charge in [0.2, 0.25) is 11.8 Å². The van der Waals surface area contributed by atoms with Gasteiger partial charge in [-0.2, -0.15) is 0 Å². The number of ether oxygens (including phenoxy) is 1. The Kier molecular flexibility index (Phi) is 9.67. The van der Waals surface area contributed by atoms with E-state index >= 15 is 0 Å². The summed E-state index contributed by atoms with van der Waals surface area (Å²) in [5.41, 5.74) is 4.51. The molecule has 0 aromatic heterocycles. The van der Waals surface area contributed by atoms with Crippen molar-refractivity contribution in [1.29, 1.82) is 0 Å². The molecule has 1 atom stereocenters. The van der Waals surface area contributed by atoms with Crippen molar-refractivity contribution in [3.63, 3.8) is 0 Å². The summed E-state index contributed by atoms with van der Waals surface area (Å²) in [6.45, 7) is 4.00. The molecule has 11 nitrogen and oxygen atoms in total. The average Bonchev–Trinajstić information content (AvgIpc) is 3.38. The number of likely N-dealkylation sites (N-methyl/N-ethyl adjacent to an activating group) is 2. The van der Waals surface area contributed by atoms with E-state index in [1.807, 2.05) is 59.9 Å². The summed E-state index contributed by atoms with van der Waals surface area (Å²) in [6, 6.07) is 22.0. The minimum atomic E-state index is -0.901. The molecule has 5 rings (SSSR count). The van der Waals surface area contributed by atoms with E-state index in [1.54, 1.807) is 30.1 Å². The van der Waals surface area contributed by atoms with E-state index < -0.39 is 17.9 Å². The lowest BCUT2D eigenvalue weighted by atomic mass is 9.90. The van der Waals surface area contributed by atoms with Crippen molar-refractivity contribution >= 4 is 46.6 Å². The number of carbonyl (C=O) groups is 4. The van der Waals surface area contributed by atoms with Gasteiger partial charge in [-0.05, 0) is 54.6 Å². The largest absolute Gasteiger partial charge is 0.453 e. The molecule has 230 valence electrons. The Morgan fingerprint density at radius 3 is 2.42 bits per heavy atom. The van der Waals surface area contributed by atoms with Crippen molar-refractivity contribution in [3.05, 3.63) is 89.5 Å². The lowest BCUT2D eigenvalue weighted by molar-refractivity contribution is -0.120. The second-order valence-corrected chi connectivity index (χ2v) is 10.8. The zero-order valence-corrected chi connectivity index (χ0v) is 25.4. The van der Waals surface area contributed by atoms with E-state index in [0.717, 1.165) is 50.1 Å². The Balaban J connectivity index is 1.37. The number of nitrogens with one attached hydrogen (secondary N) is 2. The molecule has 45 heavy (non-hydrogen) atoms. The van der Waals surface area contributed by atoms with Crippen LogP contribution in [-0.2, 0) is 19.1 Å². The summed E-state index contributed by atoms with van der Waals surface area (Å²) < 4.78 is 4.40. The molecule has 3 aromatic rings. The number of amides is 4. The summed E-state index contributed by atoms with van der Waals surface area (Å²) in [5.74, 6) is 3.31. The van der Waals surface area contributed by atoms with Gasteiger partial charge in [-0.25, -0.2) is 4.79 Å². The fraction of sp³-hybridized carbons (Fsp3) is 0.265. The van der Waals surface area contributed by atoms with Gasteiger partial charge in [0.15, 0.2) is 0 Å². The van der Waals surface area contributed by atoms with E-state index in [4.69, 9.17) is 4.99 Å². The molecule has 0 aliphatic carbocycles. The second-order valence-electron chi connectivity index (χ2n) is 10.8. The van der Waals surface area contributed by atoms with Crippen LogP contribution in [0.1, 0.15) is 22.6 Å². The van der Waals surface area contributed by atoms with Crippen molar-refractivity contribution in [1.82, 2.24) is 15.1 Å². The number of rotatable bonds is 6. The van der Waals surface area contributed by atoms with Crippen LogP contribution in [0.5, 0.6) is 0 Å². The minimum Gasteiger partial charge on any atom is -0.453 e. The van der Waals surface area contributed by atoms with E-state index in [9.17, 15) is 19.2 Å². The highest BCUT2D eigenvalue weighted by molar-refractivity contribution is 6.24. The van der Waals surface area contributed by atoms with Gasteiger partial charge in [-0.3, -0.25) is 29.6 Å². The lowest BCUT2D eigenvalue weighted by Gasteiger charge is -2.32. The predicted octanol–water partition coefficient (Wildman–Crippen LogP) is 2.99. The van der Waals surface area contributed by atoms with Crippen LogP contribution in [0, 0.1) is 11.8 Å². The summed E-state index contributed by atoms with van der Waals surface area (Å²) >= 11 is 0. The third-order valence-electron chi connectivity index (χ3n) is 7.76. The summed E-state index contributed by atoms with van der Waals surface area (Å²) in [6.07, 6.45) is -0.901. The van der Waals surface area contributed by atoms with Crippen LogP contribution < -0.4 is 15.5 Å². The fourth-order valence-corrected chi connectivity index (χ4v) is 5.16. The monoisotopic (exact) mass is 606 g/mol. The molecule has 0 radical (unpaired) electrons. The molecule has 1 unspecified atom stereocenters. The van der Waals surface area contributed by atoms with Crippen LogP contribution in [0.25, 0.3) is 0 Å². The fourth-order valence-electron chi connectivity index (χ4n) is 5.16. The topological polar surface area (TPSA) is 124 Å². The maximum Gasteiger partial charge on any atom is 0.414 e. The van der Waals surface area contributed by atoms with Gasteiger partial charge in [0.1, 0.15) is 5.92 Å². The molecule has 2 N–H and O–H groups in total. The van der Waals surface area contributed by atoms with Gasteiger partial charge in [-0.15, -0.1) is 0 Å². The Bertz CT molecular complexity index is 1690. The zero-order chi connectivity index (χ0) is 31.9. The number of hydrogen-bond acceptors (Lipinski definition) is 8. The van der Waals surface area contributed by atoms with E-state index in [2.05, 4.69) is 38.7 Å². The maximum absolute atomic E-state index is 13.4. The number of aliphatic imine (C=N–C) groups is 1. The van der Waals surface area contributed by atoms with Gasteiger partial charge in [0.05, 0.1) is 25.1 Å². The Morgan fingerprint density at radius 2 is 1.73 bits per heavy atom. The van der Waals surface area contributed by atoms with Gasteiger partial charge >= 0.3 is 12.0 Å². The predicted molar refractivity (Wildman–Crippen MR) is 172 cm³/mol. The first kappa shape index (κ1) is 31.1. The quantitative estimate of drug-likeness (QED) is 0.327.